The van der Waals surface area contributed by atoms with E-state index in [-0.39, 0.29) is 11.9 Å². The number of nitrogens with zero attached hydrogens (tertiary/aromatic N) is 1. The molecule has 2 heterocycles. The van der Waals surface area contributed by atoms with Crippen molar-refractivity contribution in [2.45, 2.75) is 31.7 Å². The summed E-state index contributed by atoms with van der Waals surface area (Å²) in [6, 6.07) is 22.6. The van der Waals surface area contributed by atoms with Gasteiger partial charge in [0, 0.05) is 30.1 Å². The highest BCUT2D eigenvalue weighted by atomic mass is 16.5. The van der Waals surface area contributed by atoms with Crippen LogP contribution in [0.3, 0.4) is 0 Å². The molecule has 1 aliphatic rings. The Balaban J connectivity index is 1.39. The number of aromatic nitrogens is 1. The maximum absolute atomic E-state index is 13.5. The maximum Gasteiger partial charge on any atom is 0.223 e. The Hall–Kier alpha value is -3.73. The van der Waals surface area contributed by atoms with Crippen molar-refractivity contribution in [2.75, 3.05) is 20.8 Å². The van der Waals surface area contributed by atoms with E-state index >= 15 is 0 Å². The lowest BCUT2D eigenvalue weighted by molar-refractivity contribution is -0.133. The molecule has 3 aromatic carbocycles. The number of benzene rings is 3. The monoisotopic (exact) mass is 454 g/mol. The van der Waals surface area contributed by atoms with Crippen LogP contribution in [0.4, 0.5) is 0 Å². The number of para-hydroxylation sites is 1. The lowest BCUT2D eigenvalue weighted by Gasteiger charge is -2.38. The zero-order valence-corrected chi connectivity index (χ0v) is 19.7. The number of methoxy groups -OCH3 is 2. The van der Waals surface area contributed by atoms with Gasteiger partial charge < -0.3 is 19.4 Å². The summed E-state index contributed by atoms with van der Waals surface area (Å²) in [5.74, 6) is 1.61. The van der Waals surface area contributed by atoms with E-state index in [1.165, 1.54) is 16.5 Å². The molecule has 174 valence electrons. The van der Waals surface area contributed by atoms with Gasteiger partial charge in [-0.2, -0.15) is 0 Å². The highest BCUT2D eigenvalue weighted by molar-refractivity contribution is 5.83. The number of ether oxygens (including phenoxy) is 2. The molecular formula is C29H30N2O3. The third-order valence-electron chi connectivity index (χ3n) is 6.82. The molecule has 34 heavy (non-hydrogen) atoms. The first-order valence-electron chi connectivity index (χ1n) is 11.8. The number of hydrogen-bond donors (Lipinski definition) is 1. The van der Waals surface area contributed by atoms with Gasteiger partial charge in [0.25, 0.3) is 0 Å². The van der Waals surface area contributed by atoms with Gasteiger partial charge in [-0.1, -0.05) is 48.5 Å². The molecule has 1 atom stereocenters. The van der Waals surface area contributed by atoms with Gasteiger partial charge in [0.05, 0.1) is 20.3 Å². The summed E-state index contributed by atoms with van der Waals surface area (Å²) in [7, 11) is 3.31. The van der Waals surface area contributed by atoms with Crippen LogP contribution in [0.1, 0.15) is 41.1 Å². The Bertz CT molecular complexity index is 1300. The van der Waals surface area contributed by atoms with Crippen LogP contribution in [-0.2, 0) is 17.6 Å². The second kappa shape index (κ2) is 9.64. The number of carbonyl (C=O) groups excluding carboxylic acids is 1. The number of aromatic amines is 1. The smallest absolute Gasteiger partial charge is 0.223 e. The van der Waals surface area contributed by atoms with Crippen molar-refractivity contribution in [3.05, 3.63) is 95.2 Å². The van der Waals surface area contributed by atoms with E-state index in [0.717, 1.165) is 41.7 Å². The van der Waals surface area contributed by atoms with Gasteiger partial charge in [0.2, 0.25) is 5.91 Å². The molecule has 0 bridgehead atoms. The highest BCUT2D eigenvalue weighted by Gasteiger charge is 2.33. The van der Waals surface area contributed by atoms with E-state index in [0.29, 0.717) is 18.7 Å². The molecule has 0 spiro atoms. The van der Waals surface area contributed by atoms with Crippen molar-refractivity contribution in [3.8, 4) is 11.5 Å². The van der Waals surface area contributed by atoms with Crippen molar-refractivity contribution >= 4 is 16.8 Å². The van der Waals surface area contributed by atoms with Crippen molar-refractivity contribution in [2.24, 2.45) is 0 Å². The van der Waals surface area contributed by atoms with Gasteiger partial charge in [-0.15, -0.1) is 0 Å². The second-order valence-corrected chi connectivity index (χ2v) is 8.77. The number of H-pyrrole nitrogens is 1. The third kappa shape index (κ3) is 4.14. The SMILES string of the molecule is COc1cc2c(cc1OC)[C@H](c1ccccc1)N(C(=O)CCCc1c[nH]c3ccccc13)CC2. The van der Waals surface area contributed by atoms with Gasteiger partial charge in [0.1, 0.15) is 0 Å². The topological polar surface area (TPSA) is 54.6 Å². The molecule has 1 aromatic heterocycles. The minimum absolute atomic E-state index is 0.134. The van der Waals surface area contributed by atoms with Crippen molar-refractivity contribution in [1.82, 2.24) is 9.88 Å². The lowest BCUT2D eigenvalue weighted by Crippen LogP contribution is -2.40. The number of nitrogens with one attached hydrogen (secondary N) is 1. The van der Waals surface area contributed by atoms with E-state index in [1.807, 2.05) is 35.2 Å². The molecular weight excluding hydrogens is 424 g/mol. The Morgan fingerprint density at radius 3 is 2.53 bits per heavy atom. The molecule has 5 nitrogen and oxygen atoms in total. The first-order chi connectivity index (χ1) is 16.7. The van der Waals surface area contributed by atoms with Crippen LogP contribution in [0.25, 0.3) is 10.9 Å². The minimum atomic E-state index is -0.134. The highest BCUT2D eigenvalue weighted by Crippen LogP contribution is 2.41. The summed E-state index contributed by atoms with van der Waals surface area (Å²) in [5.41, 5.74) is 5.84. The molecule has 5 heteroatoms. The Morgan fingerprint density at radius 1 is 1.00 bits per heavy atom. The average Bonchev–Trinajstić information content (AvgIpc) is 3.30. The summed E-state index contributed by atoms with van der Waals surface area (Å²) in [6.07, 6.45) is 5.08. The quantitative estimate of drug-likeness (QED) is 0.391. The fraction of sp³-hybridized carbons (Fsp3) is 0.276. The zero-order chi connectivity index (χ0) is 23.5. The van der Waals surface area contributed by atoms with Gasteiger partial charge in [-0.3, -0.25) is 4.79 Å². The van der Waals surface area contributed by atoms with Crippen LogP contribution < -0.4 is 9.47 Å². The number of amides is 1. The van der Waals surface area contributed by atoms with Crippen LogP contribution in [0.2, 0.25) is 0 Å². The van der Waals surface area contributed by atoms with E-state index in [4.69, 9.17) is 9.47 Å². The average molecular weight is 455 g/mol. The van der Waals surface area contributed by atoms with Gasteiger partial charge in [-0.25, -0.2) is 0 Å². The number of hydrogen-bond acceptors (Lipinski definition) is 3. The predicted molar refractivity (Wildman–Crippen MR) is 134 cm³/mol. The number of rotatable bonds is 7. The molecule has 0 fully saturated rings. The van der Waals surface area contributed by atoms with E-state index in [9.17, 15) is 4.79 Å². The van der Waals surface area contributed by atoms with Gasteiger partial charge in [-0.05, 0) is 59.7 Å². The standard InChI is InChI=1S/C29H30N2O3/c1-33-26-17-21-15-16-31(29(20-9-4-3-5-10-20)24(21)18-27(26)34-2)28(32)14-8-11-22-19-30-25-13-7-6-12-23(22)25/h3-7,9-10,12-13,17-19,29-30H,8,11,14-16H2,1-2H3/t29-/m0/s1. The summed E-state index contributed by atoms with van der Waals surface area (Å²) in [5, 5.41) is 1.24. The largest absolute Gasteiger partial charge is 0.493 e. The van der Waals surface area contributed by atoms with E-state index in [1.54, 1.807) is 14.2 Å². The first-order valence-corrected chi connectivity index (χ1v) is 11.8. The number of carbonyl (C=O) groups is 1. The van der Waals surface area contributed by atoms with E-state index in [2.05, 4.69) is 47.6 Å². The zero-order valence-electron chi connectivity index (χ0n) is 19.7. The van der Waals surface area contributed by atoms with Crippen LogP contribution in [0.5, 0.6) is 11.5 Å². The third-order valence-corrected chi connectivity index (χ3v) is 6.82. The molecule has 1 amide bonds. The minimum Gasteiger partial charge on any atom is -0.493 e. The Kier molecular flexibility index (Phi) is 6.26. The summed E-state index contributed by atoms with van der Waals surface area (Å²) in [4.78, 5) is 18.9. The lowest BCUT2D eigenvalue weighted by atomic mass is 9.87. The fourth-order valence-electron chi connectivity index (χ4n) is 5.12. The maximum atomic E-state index is 13.5. The molecule has 0 radical (unpaired) electrons. The summed E-state index contributed by atoms with van der Waals surface area (Å²) in [6.45, 7) is 0.688. The fourth-order valence-corrected chi connectivity index (χ4v) is 5.12. The molecule has 1 aliphatic heterocycles. The molecule has 0 saturated heterocycles. The molecule has 0 saturated carbocycles. The van der Waals surface area contributed by atoms with Crippen molar-refractivity contribution in [1.29, 1.82) is 0 Å². The molecule has 0 unspecified atom stereocenters. The normalized spacial score (nSPS) is 15.2. The molecule has 1 N–H and O–H groups in total. The van der Waals surface area contributed by atoms with E-state index < -0.39 is 0 Å². The molecule has 5 rings (SSSR count). The number of fused-ring (bicyclic) bond motifs is 2. The summed E-state index contributed by atoms with van der Waals surface area (Å²) >= 11 is 0. The predicted octanol–water partition coefficient (Wildman–Crippen LogP) is 5.68. The summed E-state index contributed by atoms with van der Waals surface area (Å²) < 4.78 is 11.1. The number of aryl methyl sites for hydroxylation is 1. The Morgan fingerprint density at radius 2 is 1.74 bits per heavy atom. The first kappa shape index (κ1) is 22.1. The van der Waals surface area contributed by atoms with Crippen molar-refractivity contribution < 1.29 is 14.3 Å². The van der Waals surface area contributed by atoms with Gasteiger partial charge in [0.15, 0.2) is 11.5 Å². The second-order valence-electron chi connectivity index (χ2n) is 8.77. The van der Waals surface area contributed by atoms with Crippen LogP contribution in [-0.4, -0.2) is 36.6 Å². The molecule has 4 aromatic rings. The van der Waals surface area contributed by atoms with Crippen LogP contribution >= 0.6 is 0 Å². The van der Waals surface area contributed by atoms with Crippen molar-refractivity contribution in [3.63, 3.8) is 0 Å². The Labute approximate surface area is 200 Å². The van der Waals surface area contributed by atoms with Crippen LogP contribution in [0.15, 0.2) is 72.9 Å². The van der Waals surface area contributed by atoms with Gasteiger partial charge >= 0.3 is 0 Å². The van der Waals surface area contributed by atoms with Crippen LogP contribution in [0, 0.1) is 0 Å². The molecule has 0 aliphatic carbocycles.